The predicted molar refractivity (Wildman–Crippen MR) is 116 cm³/mol. The number of likely N-dealkylation sites (tertiary alicyclic amines) is 1. The zero-order valence-corrected chi connectivity index (χ0v) is 19.4. The molecule has 8 nitrogen and oxygen atoms in total. The van der Waals surface area contributed by atoms with Crippen LogP contribution in [0.1, 0.15) is 40.0 Å². The topological polar surface area (TPSA) is 92.3 Å². The van der Waals surface area contributed by atoms with E-state index >= 15 is 0 Å². The molecule has 2 N–H and O–H groups in total. The largest absolute Gasteiger partial charge is 0.469 e. The summed E-state index contributed by atoms with van der Waals surface area (Å²) >= 11 is 0. The van der Waals surface area contributed by atoms with Crippen molar-refractivity contribution in [3.63, 3.8) is 0 Å². The number of guanidine groups is 1. The van der Waals surface area contributed by atoms with Crippen molar-refractivity contribution in [1.82, 2.24) is 15.5 Å². The first-order valence-electron chi connectivity index (χ1n) is 9.37. The number of halogens is 1. The average molecular weight is 498 g/mol. The van der Waals surface area contributed by atoms with E-state index in [0.29, 0.717) is 19.1 Å². The Kier molecular flexibility index (Phi) is 13.2. The Bertz CT molecular complexity index is 480. The minimum Gasteiger partial charge on any atom is -0.469 e. The van der Waals surface area contributed by atoms with Crippen LogP contribution >= 0.6 is 24.0 Å². The molecular weight excluding hydrogens is 463 g/mol. The zero-order valence-electron chi connectivity index (χ0n) is 17.1. The Labute approximate surface area is 179 Å². The second kappa shape index (κ2) is 13.8. The van der Waals surface area contributed by atoms with Gasteiger partial charge in [-0.3, -0.25) is 9.79 Å². The van der Waals surface area contributed by atoms with Crippen LogP contribution in [0.5, 0.6) is 0 Å². The van der Waals surface area contributed by atoms with E-state index < -0.39 is 6.09 Å². The normalized spacial score (nSPS) is 16.4. The molecule has 1 heterocycles. The van der Waals surface area contributed by atoms with E-state index in [1.165, 1.54) is 7.11 Å². The van der Waals surface area contributed by atoms with Gasteiger partial charge in [-0.25, -0.2) is 4.79 Å². The summed E-state index contributed by atoms with van der Waals surface area (Å²) in [5.41, 5.74) is 0. The summed E-state index contributed by atoms with van der Waals surface area (Å²) in [4.78, 5) is 29.9. The number of hydrogen-bond donors (Lipinski definition) is 2. The van der Waals surface area contributed by atoms with E-state index in [0.717, 1.165) is 38.3 Å². The molecule has 1 rings (SSSR count). The maximum atomic E-state index is 11.7. The van der Waals surface area contributed by atoms with Crippen LogP contribution in [0.3, 0.4) is 0 Å². The molecule has 0 aromatic rings. The molecule has 1 unspecified atom stereocenters. The van der Waals surface area contributed by atoms with E-state index in [1.54, 1.807) is 14.0 Å². The molecule has 1 amide bonds. The maximum Gasteiger partial charge on any atom is 0.407 e. The molecule has 0 bridgehead atoms. The van der Waals surface area contributed by atoms with Crippen molar-refractivity contribution in [2.45, 2.75) is 46.1 Å². The molecule has 0 aliphatic carbocycles. The molecule has 1 saturated heterocycles. The highest BCUT2D eigenvalue weighted by Gasteiger charge is 2.27. The molecule has 0 spiro atoms. The number of esters is 1. The number of aliphatic imine (C=N–C) groups is 1. The first-order valence-corrected chi connectivity index (χ1v) is 9.37. The van der Waals surface area contributed by atoms with Crippen LogP contribution in [0.25, 0.3) is 0 Å². The quantitative estimate of drug-likeness (QED) is 0.242. The van der Waals surface area contributed by atoms with Crippen LogP contribution in [0, 0.1) is 11.8 Å². The molecule has 1 aliphatic heterocycles. The van der Waals surface area contributed by atoms with E-state index in [4.69, 9.17) is 9.47 Å². The van der Waals surface area contributed by atoms with E-state index in [-0.39, 0.29) is 41.9 Å². The van der Waals surface area contributed by atoms with E-state index in [9.17, 15) is 9.59 Å². The maximum absolute atomic E-state index is 11.7. The number of rotatable bonds is 7. The molecule has 158 valence electrons. The molecular formula is C18H35IN4O4. The van der Waals surface area contributed by atoms with Crippen molar-refractivity contribution < 1.29 is 19.1 Å². The van der Waals surface area contributed by atoms with Gasteiger partial charge in [0.1, 0.15) is 0 Å². The van der Waals surface area contributed by atoms with Gasteiger partial charge >= 0.3 is 12.1 Å². The van der Waals surface area contributed by atoms with Crippen molar-refractivity contribution in [2.75, 3.05) is 40.4 Å². The van der Waals surface area contributed by atoms with E-state index in [2.05, 4.69) is 34.4 Å². The van der Waals surface area contributed by atoms with Gasteiger partial charge in [-0.15, -0.1) is 24.0 Å². The number of amides is 1. The lowest BCUT2D eigenvalue weighted by atomic mass is 9.97. The number of carbonyl (C=O) groups is 2. The highest BCUT2D eigenvalue weighted by Crippen LogP contribution is 2.18. The Hall–Kier alpha value is -1.26. The van der Waals surface area contributed by atoms with Gasteiger partial charge in [-0.05, 0) is 32.1 Å². The molecule has 1 aliphatic rings. The van der Waals surface area contributed by atoms with Crippen LogP contribution in [-0.4, -0.2) is 69.4 Å². The van der Waals surface area contributed by atoms with Crippen molar-refractivity contribution in [1.29, 1.82) is 0 Å². The first-order chi connectivity index (χ1) is 12.4. The van der Waals surface area contributed by atoms with Gasteiger partial charge in [0.05, 0.1) is 19.6 Å². The standard InChI is InChI=1S/C18H34N4O4.HI/c1-6-26-18(24)21-15(11-13(2)3)12-20-17(19-4)22-9-7-14(8-10-22)16(23)25-5;/h13-15H,6-12H2,1-5H3,(H,19,20)(H,21,24);1H. The van der Waals surface area contributed by atoms with Gasteiger partial charge in [0.15, 0.2) is 5.96 Å². The highest BCUT2D eigenvalue weighted by molar-refractivity contribution is 14.0. The van der Waals surface area contributed by atoms with Crippen molar-refractivity contribution >= 4 is 42.0 Å². The van der Waals surface area contributed by atoms with Gasteiger partial charge in [-0.2, -0.15) is 0 Å². The van der Waals surface area contributed by atoms with Crippen molar-refractivity contribution in [3.8, 4) is 0 Å². The second-order valence-electron chi connectivity index (χ2n) is 6.90. The second-order valence-corrected chi connectivity index (χ2v) is 6.90. The number of nitrogens with one attached hydrogen (secondary N) is 2. The smallest absolute Gasteiger partial charge is 0.407 e. The van der Waals surface area contributed by atoms with Crippen LogP contribution in [-0.2, 0) is 14.3 Å². The van der Waals surface area contributed by atoms with Gasteiger partial charge in [0.2, 0.25) is 0 Å². The number of alkyl carbamates (subject to hydrolysis) is 1. The zero-order chi connectivity index (χ0) is 19.5. The highest BCUT2D eigenvalue weighted by atomic mass is 127. The van der Waals surface area contributed by atoms with Gasteiger partial charge in [0.25, 0.3) is 0 Å². The Morgan fingerprint density at radius 1 is 1.26 bits per heavy atom. The van der Waals surface area contributed by atoms with Gasteiger partial charge in [-0.1, -0.05) is 13.8 Å². The number of ether oxygens (including phenoxy) is 2. The fourth-order valence-electron chi connectivity index (χ4n) is 3.14. The lowest BCUT2D eigenvalue weighted by Gasteiger charge is -2.34. The number of carbonyl (C=O) groups excluding carboxylic acids is 2. The molecule has 1 fully saturated rings. The van der Waals surface area contributed by atoms with Gasteiger partial charge in [0, 0.05) is 32.7 Å². The van der Waals surface area contributed by atoms with Crippen molar-refractivity contribution in [2.24, 2.45) is 16.8 Å². The Balaban J connectivity index is 0.00000676. The summed E-state index contributed by atoms with van der Waals surface area (Å²) in [6.45, 7) is 8.44. The van der Waals surface area contributed by atoms with Crippen LogP contribution < -0.4 is 10.6 Å². The molecule has 1 atom stereocenters. The predicted octanol–water partition coefficient (Wildman–Crippen LogP) is 2.23. The third-order valence-electron chi connectivity index (χ3n) is 4.40. The third kappa shape index (κ3) is 9.48. The monoisotopic (exact) mass is 498 g/mol. The summed E-state index contributed by atoms with van der Waals surface area (Å²) in [5.74, 6) is 1.06. The summed E-state index contributed by atoms with van der Waals surface area (Å²) in [7, 11) is 3.17. The Morgan fingerprint density at radius 3 is 2.37 bits per heavy atom. The fraction of sp³-hybridized carbons (Fsp3) is 0.833. The molecule has 27 heavy (non-hydrogen) atoms. The number of nitrogens with zero attached hydrogens (tertiary/aromatic N) is 2. The Morgan fingerprint density at radius 2 is 1.89 bits per heavy atom. The van der Waals surface area contributed by atoms with Crippen LogP contribution in [0.15, 0.2) is 4.99 Å². The van der Waals surface area contributed by atoms with Crippen LogP contribution in [0.2, 0.25) is 0 Å². The SMILES string of the molecule is CCOC(=O)NC(CNC(=NC)N1CCC(C(=O)OC)CC1)CC(C)C.I. The lowest BCUT2D eigenvalue weighted by molar-refractivity contribution is -0.146. The van der Waals surface area contributed by atoms with Crippen LogP contribution in [0.4, 0.5) is 4.79 Å². The molecule has 0 aromatic heterocycles. The van der Waals surface area contributed by atoms with E-state index in [1.807, 2.05) is 0 Å². The summed E-state index contributed by atoms with van der Waals surface area (Å²) in [5, 5.41) is 6.24. The average Bonchev–Trinajstić information content (AvgIpc) is 2.61. The number of methoxy groups -OCH3 is 1. The first kappa shape index (κ1) is 25.7. The summed E-state index contributed by atoms with van der Waals surface area (Å²) in [6, 6.07) is -0.0431. The third-order valence-corrected chi connectivity index (χ3v) is 4.40. The summed E-state index contributed by atoms with van der Waals surface area (Å²) < 4.78 is 9.82. The molecule has 0 aromatic carbocycles. The summed E-state index contributed by atoms with van der Waals surface area (Å²) in [6.07, 6.45) is 1.95. The molecule has 0 radical (unpaired) electrons. The number of piperidine rings is 1. The fourth-order valence-corrected chi connectivity index (χ4v) is 3.14. The lowest BCUT2D eigenvalue weighted by Crippen LogP contribution is -2.51. The molecule has 9 heteroatoms. The van der Waals surface area contributed by atoms with Gasteiger partial charge < -0.3 is 25.0 Å². The number of hydrogen-bond acceptors (Lipinski definition) is 5. The minimum atomic E-state index is -0.395. The molecule has 0 saturated carbocycles. The van der Waals surface area contributed by atoms with Crippen molar-refractivity contribution in [3.05, 3.63) is 0 Å². The minimum absolute atomic E-state index is 0.